The zero-order chi connectivity index (χ0) is 27.1. The first kappa shape index (κ1) is 26.5. The number of pyridine rings is 1. The summed E-state index contributed by atoms with van der Waals surface area (Å²) in [5, 5.41) is 14.3. The van der Waals surface area contributed by atoms with Gasteiger partial charge in [-0.15, -0.1) is 0 Å². The summed E-state index contributed by atoms with van der Waals surface area (Å²) in [6.07, 6.45) is 3.56. The molecule has 196 valence electrons. The highest BCUT2D eigenvalue weighted by Gasteiger charge is 2.31. The fourth-order valence-corrected chi connectivity index (χ4v) is 4.07. The highest BCUT2D eigenvalue weighted by atomic mass is 19.4. The first-order valence-corrected chi connectivity index (χ1v) is 11.9. The van der Waals surface area contributed by atoms with Crippen LogP contribution in [0.1, 0.15) is 42.4 Å². The molecule has 1 aromatic heterocycles. The number of rotatable bonds is 8. The average Bonchev–Trinajstić information content (AvgIpc) is 3.42. The van der Waals surface area contributed by atoms with Crippen molar-refractivity contribution in [3.63, 3.8) is 0 Å². The van der Waals surface area contributed by atoms with Crippen molar-refractivity contribution in [1.29, 1.82) is 5.26 Å². The summed E-state index contributed by atoms with van der Waals surface area (Å²) in [5.74, 6) is 0.688. The summed E-state index contributed by atoms with van der Waals surface area (Å²) < 4.78 is 51.7. The van der Waals surface area contributed by atoms with Gasteiger partial charge >= 0.3 is 6.18 Å². The lowest BCUT2D eigenvalue weighted by Gasteiger charge is -2.18. The molecule has 1 aliphatic carbocycles. The first-order valence-electron chi connectivity index (χ1n) is 11.9. The van der Waals surface area contributed by atoms with E-state index < -0.39 is 17.6 Å². The Labute approximate surface area is 217 Å². The number of hydrogen-bond donors (Lipinski definition) is 2. The molecule has 0 bridgehead atoms. The Hall–Kier alpha value is -4.52. The van der Waals surface area contributed by atoms with Crippen molar-refractivity contribution in [2.24, 2.45) is 0 Å². The third kappa shape index (κ3) is 6.62. The van der Waals surface area contributed by atoms with Crippen molar-refractivity contribution in [3.8, 4) is 17.6 Å². The van der Waals surface area contributed by atoms with E-state index >= 15 is 0 Å². The lowest BCUT2D eigenvalue weighted by atomic mass is 10.1. The number of para-hydroxylation sites is 1. The quantitative estimate of drug-likeness (QED) is 0.320. The molecule has 1 saturated carbocycles. The minimum absolute atomic E-state index is 0.0573. The summed E-state index contributed by atoms with van der Waals surface area (Å²) in [4.78, 5) is 16.9. The van der Waals surface area contributed by atoms with Crippen molar-refractivity contribution in [1.82, 2.24) is 4.98 Å². The third-order valence-electron chi connectivity index (χ3n) is 5.99. The Balaban J connectivity index is 1.57. The first-order chi connectivity index (χ1) is 18.3. The molecule has 0 saturated heterocycles. The second-order valence-electron chi connectivity index (χ2n) is 8.65. The molecule has 1 heterocycles. The van der Waals surface area contributed by atoms with Gasteiger partial charge in [-0.1, -0.05) is 12.1 Å². The van der Waals surface area contributed by atoms with Gasteiger partial charge in [0.05, 0.1) is 35.7 Å². The summed E-state index contributed by atoms with van der Waals surface area (Å²) in [7, 11) is 1.53. The topological polar surface area (TPSA) is 96.3 Å². The molecule has 1 amide bonds. The van der Waals surface area contributed by atoms with Crippen LogP contribution in [-0.2, 0) is 11.0 Å². The van der Waals surface area contributed by atoms with E-state index in [1.54, 1.807) is 18.2 Å². The van der Waals surface area contributed by atoms with Gasteiger partial charge in [0.2, 0.25) is 5.91 Å². The molecule has 7 nitrogen and oxygen atoms in total. The monoisotopic (exact) mass is 522 g/mol. The number of aromatic nitrogens is 1. The van der Waals surface area contributed by atoms with Gasteiger partial charge < -0.3 is 20.1 Å². The molecule has 0 spiro atoms. The molecule has 2 N–H and O–H groups in total. The largest absolute Gasteiger partial charge is 0.493 e. The Morgan fingerprint density at radius 2 is 1.92 bits per heavy atom. The van der Waals surface area contributed by atoms with Crippen LogP contribution in [0.15, 0.2) is 60.8 Å². The van der Waals surface area contributed by atoms with Crippen LogP contribution in [0.2, 0.25) is 0 Å². The van der Waals surface area contributed by atoms with Crippen LogP contribution in [-0.4, -0.2) is 24.1 Å². The van der Waals surface area contributed by atoms with Gasteiger partial charge in [-0.25, -0.2) is 4.98 Å². The van der Waals surface area contributed by atoms with Crippen LogP contribution >= 0.6 is 0 Å². The number of carbonyl (C=O) groups excluding carboxylic acids is 1. The molecular weight excluding hydrogens is 497 g/mol. The zero-order valence-electron chi connectivity index (χ0n) is 20.5. The Morgan fingerprint density at radius 1 is 1.13 bits per heavy atom. The Kier molecular flexibility index (Phi) is 8.16. The van der Waals surface area contributed by atoms with Crippen LogP contribution in [0.4, 0.5) is 30.4 Å². The maximum absolute atomic E-state index is 13.4. The Bertz CT molecular complexity index is 1360. The van der Waals surface area contributed by atoms with Gasteiger partial charge in [-0.3, -0.25) is 4.79 Å². The number of methoxy groups -OCH3 is 1. The number of nitrogens with one attached hydrogen (secondary N) is 2. The minimum atomic E-state index is -4.60. The zero-order valence-corrected chi connectivity index (χ0v) is 20.5. The normalized spacial score (nSPS) is 13.8. The van der Waals surface area contributed by atoms with E-state index in [4.69, 9.17) is 14.7 Å². The molecule has 0 atom stereocenters. The Morgan fingerprint density at radius 3 is 2.58 bits per heavy atom. The van der Waals surface area contributed by atoms with Gasteiger partial charge in [-0.2, -0.15) is 18.4 Å². The summed E-state index contributed by atoms with van der Waals surface area (Å²) in [6.45, 7) is 0. The van der Waals surface area contributed by atoms with Crippen LogP contribution in [0, 0.1) is 11.3 Å². The summed E-state index contributed by atoms with van der Waals surface area (Å²) >= 11 is 0. The SMILES string of the molecule is COc1cccc(/C=C/C(=O)Nc2cc(C(F)(F)F)ccc2Nc2ccc(C#N)cn2)c1OC1CCCC1. The van der Waals surface area contributed by atoms with Gasteiger partial charge in [0.15, 0.2) is 11.5 Å². The van der Waals surface area contributed by atoms with E-state index in [0.29, 0.717) is 28.4 Å². The number of benzene rings is 2. The van der Waals surface area contributed by atoms with E-state index in [1.165, 1.54) is 43.7 Å². The summed E-state index contributed by atoms with van der Waals surface area (Å²) in [6, 6.07) is 13.2. The fourth-order valence-electron chi connectivity index (χ4n) is 4.07. The van der Waals surface area contributed by atoms with Crippen LogP contribution in [0.5, 0.6) is 11.5 Å². The number of ether oxygens (including phenoxy) is 2. The standard InChI is InChI=1S/C28H25F3N4O3/c1-37-24-8-4-5-19(27(24)38-21-6-2-3-7-21)10-14-26(36)35-23-15-20(28(29,30)31)11-12-22(23)34-25-13-9-18(16-32)17-33-25/h4-5,8-15,17,21H,2-3,6-7H2,1H3,(H,33,34)(H,35,36)/b14-10+. The second kappa shape index (κ2) is 11.7. The number of anilines is 3. The fraction of sp³-hybridized carbons (Fsp3) is 0.250. The van der Waals surface area contributed by atoms with Gasteiger partial charge in [0.1, 0.15) is 11.9 Å². The van der Waals surface area contributed by atoms with Gasteiger partial charge in [0.25, 0.3) is 0 Å². The van der Waals surface area contributed by atoms with Crippen molar-refractivity contribution < 1.29 is 27.4 Å². The molecule has 38 heavy (non-hydrogen) atoms. The van der Waals surface area contributed by atoms with E-state index in [-0.39, 0.29) is 17.5 Å². The molecule has 0 aliphatic heterocycles. The van der Waals surface area contributed by atoms with Crippen LogP contribution in [0.25, 0.3) is 6.08 Å². The van der Waals surface area contributed by atoms with E-state index in [0.717, 1.165) is 37.8 Å². The molecule has 1 fully saturated rings. The molecule has 2 aromatic carbocycles. The molecule has 0 radical (unpaired) electrons. The molecule has 1 aliphatic rings. The number of nitriles is 1. The number of alkyl halides is 3. The third-order valence-corrected chi connectivity index (χ3v) is 5.99. The summed E-state index contributed by atoms with van der Waals surface area (Å²) in [5.41, 5.74) is 0.124. The lowest BCUT2D eigenvalue weighted by molar-refractivity contribution is -0.137. The highest BCUT2D eigenvalue weighted by Crippen LogP contribution is 2.37. The van der Waals surface area contributed by atoms with E-state index in [2.05, 4.69) is 15.6 Å². The highest BCUT2D eigenvalue weighted by molar-refractivity contribution is 6.04. The smallest absolute Gasteiger partial charge is 0.416 e. The molecule has 4 rings (SSSR count). The predicted octanol–water partition coefficient (Wildman–Crippen LogP) is 6.70. The number of hydrogen-bond acceptors (Lipinski definition) is 6. The number of nitrogens with zero attached hydrogens (tertiary/aromatic N) is 2. The molecule has 10 heteroatoms. The van der Waals surface area contributed by atoms with Crippen molar-refractivity contribution in [2.75, 3.05) is 17.7 Å². The average molecular weight is 523 g/mol. The maximum atomic E-state index is 13.4. The maximum Gasteiger partial charge on any atom is 0.416 e. The van der Waals surface area contributed by atoms with Gasteiger partial charge in [-0.05, 0) is 68.2 Å². The second-order valence-corrected chi connectivity index (χ2v) is 8.65. The van der Waals surface area contributed by atoms with Crippen molar-refractivity contribution in [2.45, 2.75) is 38.0 Å². The van der Waals surface area contributed by atoms with Crippen LogP contribution in [0.3, 0.4) is 0 Å². The van der Waals surface area contributed by atoms with Gasteiger partial charge in [0, 0.05) is 17.8 Å². The molecular formula is C28H25F3N4O3. The van der Waals surface area contributed by atoms with Crippen molar-refractivity contribution >= 4 is 29.2 Å². The van der Waals surface area contributed by atoms with Crippen LogP contribution < -0.4 is 20.1 Å². The number of amides is 1. The minimum Gasteiger partial charge on any atom is -0.493 e. The predicted molar refractivity (Wildman–Crippen MR) is 137 cm³/mol. The van der Waals surface area contributed by atoms with E-state index in [1.807, 2.05) is 6.07 Å². The molecule has 0 unspecified atom stereocenters. The lowest BCUT2D eigenvalue weighted by Crippen LogP contribution is -2.13. The molecule has 3 aromatic rings. The van der Waals surface area contributed by atoms with E-state index in [9.17, 15) is 18.0 Å². The number of halogens is 3. The number of carbonyl (C=O) groups is 1. The van der Waals surface area contributed by atoms with Crippen molar-refractivity contribution in [3.05, 3.63) is 77.5 Å².